The van der Waals surface area contributed by atoms with Crippen molar-refractivity contribution in [1.82, 2.24) is 5.43 Å². The van der Waals surface area contributed by atoms with Gasteiger partial charge in [0.2, 0.25) is 0 Å². The molecule has 5 nitrogen and oxygen atoms in total. The number of methoxy groups -OCH3 is 1. The van der Waals surface area contributed by atoms with Crippen LogP contribution in [0.4, 0.5) is 0 Å². The molecule has 1 amide bonds. The van der Waals surface area contributed by atoms with E-state index in [1.165, 1.54) is 13.3 Å². The average molecular weight is 449 g/mol. The van der Waals surface area contributed by atoms with Crippen molar-refractivity contribution >= 4 is 38.8 Å². The third-order valence-electron chi connectivity index (χ3n) is 4.43. The number of carbonyl (C=O) groups is 1. The van der Waals surface area contributed by atoms with Crippen molar-refractivity contribution in [2.75, 3.05) is 7.11 Å². The lowest BCUT2D eigenvalue weighted by atomic mass is 10.1. The monoisotopic (exact) mass is 448 g/mol. The van der Waals surface area contributed by atoms with Crippen LogP contribution in [0.25, 0.3) is 22.1 Å². The molecule has 6 heteroatoms. The molecule has 0 bridgehead atoms. The van der Waals surface area contributed by atoms with Gasteiger partial charge in [-0.15, -0.1) is 0 Å². The Morgan fingerprint density at radius 2 is 1.76 bits per heavy atom. The van der Waals surface area contributed by atoms with Crippen LogP contribution in [0.2, 0.25) is 0 Å². The molecule has 0 spiro atoms. The van der Waals surface area contributed by atoms with Gasteiger partial charge in [-0.2, -0.15) is 5.10 Å². The quantitative estimate of drug-likeness (QED) is 0.317. The van der Waals surface area contributed by atoms with E-state index < -0.39 is 0 Å². The topological polar surface area (TPSA) is 63.8 Å². The van der Waals surface area contributed by atoms with Crippen LogP contribution >= 0.6 is 15.9 Å². The molecule has 0 saturated carbocycles. The first kappa shape index (κ1) is 19.0. The van der Waals surface area contributed by atoms with Crippen molar-refractivity contribution in [3.8, 4) is 17.1 Å². The third-order valence-corrected chi connectivity index (χ3v) is 4.95. The molecule has 144 valence electrons. The fraction of sp³-hybridized carbons (Fsp3) is 0.0435. The van der Waals surface area contributed by atoms with E-state index in [2.05, 4.69) is 26.5 Å². The molecule has 0 aliphatic carbocycles. The van der Waals surface area contributed by atoms with Gasteiger partial charge in [0.1, 0.15) is 17.3 Å². The number of hydrogen-bond acceptors (Lipinski definition) is 4. The molecule has 0 atom stereocenters. The Hall–Kier alpha value is -3.38. The van der Waals surface area contributed by atoms with E-state index in [0.29, 0.717) is 17.1 Å². The summed E-state index contributed by atoms with van der Waals surface area (Å²) in [5, 5.41) is 5.97. The van der Waals surface area contributed by atoms with E-state index in [9.17, 15) is 4.79 Å². The van der Waals surface area contributed by atoms with Gasteiger partial charge in [0, 0.05) is 10.0 Å². The molecule has 3 aromatic carbocycles. The van der Waals surface area contributed by atoms with E-state index in [-0.39, 0.29) is 5.91 Å². The number of amides is 1. The molecular formula is C23H17BrN2O3. The summed E-state index contributed by atoms with van der Waals surface area (Å²) in [4.78, 5) is 12.6. The highest BCUT2D eigenvalue weighted by atomic mass is 79.9. The Balaban J connectivity index is 1.49. The minimum absolute atomic E-state index is 0.358. The Labute approximate surface area is 176 Å². The number of rotatable bonds is 5. The van der Waals surface area contributed by atoms with E-state index in [4.69, 9.17) is 9.15 Å². The number of hydrogen-bond donors (Lipinski definition) is 1. The Kier molecular flexibility index (Phi) is 5.44. The Morgan fingerprint density at radius 1 is 1.03 bits per heavy atom. The Morgan fingerprint density at radius 3 is 2.48 bits per heavy atom. The average Bonchev–Trinajstić information content (AvgIpc) is 3.22. The van der Waals surface area contributed by atoms with Crippen LogP contribution in [-0.2, 0) is 0 Å². The lowest BCUT2D eigenvalue weighted by molar-refractivity contribution is 0.0952. The first-order chi connectivity index (χ1) is 14.1. The molecule has 0 radical (unpaired) electrons. The van der Waals surface area contributed by atoms with Crippen LogP contribution in [0.5, 0.6) is 5.75 Å². The SMILES string of the molecule is COc1cc2ccccc2cc1C(=O)NN=Cc1ccc(-c2ccc(Br)cc2)o1. The zero-order valence-electron chi connectivity index (χ0n) is 15.6. The summed E-state index contributed by atoms with van der Waals surface area (Å²) in [5.74, 6) is 1.39. The molecular weight excluding hydrogens is 432 g/mol. The second-order valence-corrected chi connectivity index (χ2v) is 7.22. The summed E-state index contributed by atoms with van der Waals surface area (Å²) in [6.07, 6.45) is 1.47. The van der Waals surface area contributed by atoms with Gasteiger partial charge in [-0.3, -0.25) is 4.79 Å². The van der Waals surface area contributed by atoms with Crippen molar-refractivity contribution in [2.45, 2.75) is 0 Å². The van der Waals surface area contributed by atoms with Crippen molar-refractivity contribution in [3.63, 3.8) is 0 Å². The second kappa shape index (κ2) is 8.32. The summed E-state index contributed by atoms with van der Waals surface area (Å²) >= 11 is 3.41. The van der Waals surface area contributed by atoms with Gasteiger partial charge in [-0.05, 0) is 47.2 Å². The smallest absolute Gasteiger partial charge is 0.275 e. The van der Waals surface area contributed by atoms with Crippen molar-refractivity contribution in [1.29, 1.82) is 0 Å². The molecule has 0 unspecified atom stereocenters. The van der Waals surface area contributed by atoms with E-state index in [1.54, 1.807) is 12.1 Å². The maximum atomic E-state index is 12.6. The highest BCUT2D eigenvalue weighted by Crippen LogP contribution is 2.26. The van der Waals surface area contributed by atoms with Gasteiger partial charge in [-0.25, -0.2) is 5.43 Å². The molecule has 4 rings (SSSR count). The summed E-state index contributed by atoms with van der Waals surface area (Å²) in [5.41, 5.74) is 3.90. The standard InChI is InChI=1S/C23H17BrN2O3/c1-28-22-13-17-5-3-2-4-16(17)12-20(22)23(27)26-25-14-19-10-11-21(29-19)15-6-8-18(24)9-7-15/h2-14H,1H3,(H,26,27). The summed E-state index contributed by atoms with van der Waals surface area (Å²) in [6.45, 7) is 0. The van der Waals surface area contributed by atoms with Gasteiger partial charge in [-0.1, -0.05) is 52.3 Å². The summed E-state index contributed by atoms with van der Waals surface area (Å²) in [6, 6.07) is 22.9. The number of furan rings is 1. The number of carbonyl (C=O) groups excluding carboxylic acids is 1. The number of benzene rings is 3. The van der Waals surface area contributed by atoms with Crippen LogP contribution in [0.15, 0.2) is 86.8 Å². The van der Waals surface area contributed by atoms with Crippen LogP contribution in [-0.4, -0.2) is 19.2 Å². The van der Waals surface area contributed by atoms with Crippen molar-refractivity contribution < 1.29 is 13.9 Å². The summed E-state index contributed by atoms with van der Waals surface area (Å²) in [7, 11) is 1.54. The minimum atomic E-state index is -0.358. The van der Waals surface area contributed by atoms with Crippen LogP contribution < -0.4 is 10.2 Å². The summed E-state index contributed by atoms with van der Waals surface area (Å²) < 4.78 is 12.1. The minimum Gasteiger partial charge on any atom is -0.496 e. The van der Waals surface area contributed by atoms with Gasteiger partial charge in [0.05, 0.1) is 18.9 Å². The molecule has 0 aliphatic rings. The zero-order chi connectivity index (χ0) is 20.2. The molecule has 4 aromatic rings. The van der Waals surface area contributed by atoms with Gasteiger partial charge in [0.25, 0.3) is 5.91 Å². The fourth-order valence-electron chi connectivity index (χ4n) is 2.97. The predicted molar refractivity (Wildman–Crippen MR) is 117 cm³/mol. The second-order valence-electron chi connectivity index (χ2n) is 6.31. The molecule has 1 aromatic heterocycles. The number of nitrogens with one attached hydrogen (secondary N) is 1. The third kappa shape index (κ3) is 4.22. The Bertz CT molecular complexity index is 1200. The van der Waals surface area contributed by atoms with E-state index in [0.717, 1.165) is 26.6 Å². The van der Waals surface area contributed by atoms with Gasteiger partial charge >= 0.3 is 0 Å². The van der Waals surface area contributed by atoms with E-state index in [1.807, 2.05) is 60.7 Å². The zero-order valence-corrected chi connectivity index (χ0v) is 17.1. The van der Waals surface area contributed by atoms with Crippen molar-refractivity contribution in [2.24, 2.45) is 5.10 Å². The molecule has 1 N–H and O–H groups in total. The number of hydrazone groups is 1. The number of halogens is 1. The maximum absolute atomic E-state index is 12.6. The fourth-order valence-corrected chi connectivity index (χ4v) is 3.24. The maximum Gasteiger partial charge on any atom is 0.275 e. The molecule has 29 heavy (non-hydrogen) atoms. The number of ether oxygens (including phenoxy) is 1. The molecule has 0 aliphatic heterocycles. The largest absolute Gasteiger partial charge is 0.496 e. The molecule has 0 fully saturated rings. The van der Waals surface area contributed by atoms with Crippen LogP contribution in [0.1, 0.15) is 16.1 Å². The van der Waals surface area contributed by atoms with Gasteiger partial charge in [0.15, 0.2) is 0 Å². The highest BCUT2D eigenvalue weighted by Gasteiger charge is 2.13. The van der Waals surface area contributed by atoms with E-state index >= 15 is 0 Å². The van der Waals surface area contributed by atoms with Gasteiger partial charge < -0.3 is 9.15 Å². The lowest BCUT2D eigenvalue weighted by Gasteiger charge is -2.09. The molecule has 1 heterocycles. The normalized spacial score (nSPS) is 11.1. The van der Waals surface area contributed by atoms with Crippen LogP contribution in [0.3, 0.4) is 0 Å². The first-order valence-electron chi connectivity index (χ1n) is 8.90. The number of nitrogens with zero attached hydrogens (tertiary/aromatic N) is 1. The highest BCUT2D eigenvalue weighted by molar-refractivity contribution is 9.10. The van der Waals surface area contributed by atoms with Crippen molar-refractivity contribution in [3.05, 3.63) is 88.6 Å². The predicted octanol–water partition coefficient (Wildman–Crippen LogP) is 5.63. The molecule has 0 saturated heterocycles. The number of fused-ring (bicyclic) bond motifs is 1. The van der Waals surface area contributed by atoms with Crippen LogP contribution in [0, 0.1) is 0 Å². The lowest BCUT2D eigenvalue weighted by Crippen LogP contribution is -2.18. The first-order valence-corrected chi connectivity index (χ1v) is 9.69.